The van der Waals surface area contributed by atoms with E-state index in [9.17, 15) is 0 Å². The Morgan fingerprint density at radius 3 is 1.26 bits per heavy atom. The second kappa shape index (κ2) is 18.7. The molecule has 0 saturated heterocycles. The summed E-state index contributed by atoms with van der Waals surface area (Å²) in [5.74, 6) is 0. The lowest BCUT2D eigenvalue weighted by Gasteiger charge is -2.02. The number of hydrogen-bond acceptors (Lipinski definition) is 0. The smallest absolute Gasteiger partial charge is 0.00493 e. The van der Waals surface area contributed by atoms with Crippen molar-refractivity contribution in [3.8, 4) is 0 Å². The zero-order valence-electron chi connectivity index (χ0n) is 14.0. The molecule has 0 aliphatic rings. The maximum absolute atomic E-state index is 2.31. The van der Waals surface area contributed by atoms with Crippen LogP contribution in [-0.2, 0) is 0 Å². The average molecular weight is 317 g/mol. The summed E-state index contributed by atoms with van der Waals surface area (Å²) in [4.78, 5) is 0. The van der Waals surface area contributed by atoms with Crippen LogP contribution in [0.5, 0.6) is 0 Å². The maximum atomic E-state index is 2.31. The molecule has 116 valence electrons. The van der Waals surface area contributed by atoms with Crippen LogP contribution < -0.4 is 0 Å². The van der Waals surface area contributed by atoms with E-state index in [1.807, 2.05) is 0 Å². The van der Waals surface area contributed by atoms with Crippen LogP contribution in [0.1, 0.15) is 90.9 Å². The Bertz CT molecular complexity index is 135. The average Bonchev–Trinajstić information content (AvgIpc) is 2.43. The zero-order chi connectivity index (χ0) is 14.0. The summed E-state index contributed by atoms with van der Waals surface area (Å²) in [6.07, 6.45) is 18.1. The molecule has 0 saturated carbocycles. The van der Waals surface area contributed by atoms with Crippen molar-refractivity contribution in [1.29, 1.82) is 0 Å². The van der Waals surface area contributed by atoms with Gasteiger partial charge >= 0.3 is 0 Å². The standard InChI is InChI=1S/C16H40Si3/c1-3-5-7-9-11-13-15-17-19-18-16-14-12-10-8-6-4-2/h3-19H2,1-2H3. The summed E-state index contributed by atoms with van der Waals surface area (Å²) >= 11 is 0. The van der Waals surface area contributed by atoms with E-state index in [0.717, 1.165) is 0 Å². The van der Waals surface area contributed by atoms with Gasteiger partial charge in [-0.15, -0.1) is 0 Å². The third kappa shape index (κ3) is 18.7. The van der Waals surface area contributed by atoms with Gasteiger partial charge in [-0.05, 0) is 8.55 Å². The third-order valence-corrected chi connectivity index (χ3v) is 22.2. The van der Waals surface area contributed by atoms with Gasteiger partial charge in [0.2, 0.25) is 0 Å². The Morgan fingerprint density at radius 1 is 0.474 bits per heavy atom. The van der Waals surface area contributed by atoms with Crippen molar-refractivity contribution < 1.29 is 0 Å². The maximum Gasteiger partial charge on any atom is 0.00493 e. The van der Waals surface area contributed by atoms with Gasteiger partial charge in [-0.2, -0.15) is 0 Å². The lowest BCUT2D eigenvalue weighted by atomic mass is 10.1. The summed E-state index contributed by atoms with van der Waals surface area (Å²) in [5, 5.41) is 0. The molecule has 0 amide bonds. The van der Waals surface area contributed by atoms with Crippen molar-refractivity contribution in [3.63, 3.8) is 0 Å². The fraction of sp³-hybridized carbons (Fsp3) is 1.00. The minimum Gasteiger partial charge on any atom is -0.0654 e. The fourth-order valence-corrected chi connectivity index (χ4v) is 20.1. The van der Waals surface area contributed by atoms with Gasteiger partial charge in [0.1, 0.15) is 0 Å². The first-order valence-corrected chi connectivity index (χ1v) is 19.4. The molecule has 0 rings (SSSR count). The minimum absolute atomic E-state index is 0.525. The molecule has 0 atom stereocenters. The number of unbranched alkanes of at least 4 members (excludes halogenated alkanes) is 10. The fourth-order valence-electron chi connectivity index (χ4n) is 2.80. The molecule has 0 spiro atoms. The second-order valence-corrected chi connectivity index (χ2v) is 22.6. The van der Waals surface area contributed by atoms with Crippen molar-refractivity contribution in [1.82, 2.24) is 0 Å². The Balaban J connectivity index is 2.88. The molecule has 0 aromatic carbocycles. The molecule has 0 radical (unpaired) electrons. The highest BCUT2D eigenvalue weighted by Crippen LogP contribution is 2.07. The molecule has 0 fully saturated rings. The van der Waals surface area contributed by atoms with Crippen molar-refractivity contribution in [2.45, 2.75) is 103 Å². The first-order chi connectivity index (χ1) is 9.41. The van der Waals surface area contributed by atoms with Gasteiger partial charge in [0.05, 0.1) is 0 Å². The summed E-state index contributed by atoms with van der Waals surface area (Å²) in [6.45, 7) is 4.62. The SMILES string of the molecule is CCCCCCCC[SiH2][SiH2][SiH2]CCCCCCCC. The van der Waals surface area contributed by atoms with E-state index in [4.69, 9.17) is 0 Å². The molecule has 0 aliphatic carbocycles. The van der Waals surface area contributed by atoms with Crippen LogP contribution in [0.3, 0.4) is 0 Å². The summed E-state index contributed by atoms with van der Waals surface area (Å²) < 4.78 is 0. The highest BCUT2D eigenvalue weighted by Gasteiger charge is 1.95. The quantitative estimate of drug-likeness (QED) is 0.299. The summed E-state index contributed by atoms with van der Waals surface area (Å²) in [5.41, 5.74) is 0. The van der Waals surface area contributed by atoms with Crippen molar-refractivity contribution in [3.05, 3.63) is 0 Å². The van der Waals surface area contributed by atoms with E-state index in [0.29, 0.717) is 26.6 Å². The van der Waals surface area contributed by atoms with Crippen LogP contribution in [0, 0.1) is 0 Å². The molecule has 0 nitrogen and oxygen atoms in total. The van der Waals surface area contributed by atoms with Crippen LogP contribution in [0.15, 0.2) is 0 Å². The Morgan fingerprint density at radius 2 is 0.842 bits per heavy atom. The monoisotopic (exact) mass is 316 g/mol. The molecule has 0 N–H and O–H groups in total. The predicted octanol–water partition coefficient (Wildman–Crippen LogP) is 3.88. The molecule has 0 aromatic rings. The predicted molar refractivity (Wildman–Crippen MR) is 102 cm³/mol. The lowest BCUT2D eigenvalue weighted by Crippen LogP contribution is -2.11. The molecule has 0 unspecified atom stereocenters. The summed E-state index contributed by atoms with van der Waals surface area (Å²) in [6, 6.07) is 3.45. The third-order valence-electron chi connectivity index (χ3n) is 4.21. The van der Waals surface area contributed by atoms with E-state index >= 15 is 0 Å². The minimum atomic E-state index is 0.525. The highest BCUT2D eigenvalue weighted by atomic mass is 29.5. The van der Waals surface area contributed by atoms with Gasteiger partial charge in [-0.3, -0.25) is 0 Å². The van der Waals surface area contributed by atoms with Gasteiger partial charge in [0.15, 0.2) is 0 Å². The van der Waals surface area contributed by atoms with Gasteiger partial charge < -0.3 is 0 Å². The van der Waals surface area contributed by atoms with Crippen LogP contribution in [0.4, 0.5) is 0 Å². The largest absolute Gasteiger partial charge is 0.0654 e. The summed E-state index contributed by atoms with van der Waals surface area (Å²) in [7, 11) is 1.65. The highest BCUT2D eigenvalue weighted by molar-refractivity contribution is 7.29. The topological polar surface area (TPSA) is 0 Å². The van der Waals surface area contributed by atoms with Gasteiger partial charge in [0, 0.05) is 18.1 Å². The van der Waals surface area contributed by atoms with Gasteiger partial charge in [0.25, 0.3) is 0 Å². The molecule has 0 aliphatic heterocycles. The van der Waals surface area contributed by atoms with E-state index < -0.39 is 0 Å². The molecule has 3 heteroatoms. The Labute approximate surface area is 130 Å². The molecule has 0 aromatic heterocycles. The molecule has 0 bridgehead atoms. The first kappa shape index (κ1) is 19.7. The van der Waals surface area contributed by atoms with E-state index in [-0.39, 0.29) is 0 Å². The number of hydrogen-bond donors (Lipinski definition) is 0. The Hall–Kier alpha value is 0.651. The van der Waals surface area contributed by atoms with E-state index in [2.05, 4.69) is 13.8 Å². The molecule has 0 heterocycles. The van der Waals surface area contributed by atoms with Crippen molar-refractivity contribution in [2.24, 2.45) is 0 Å². The van der Waals surface area contributed by atoms with Crippen LogP contribution >= 0.6 is 0 Å². The van der Waals surface area contributed by atoms with Crippen LogP contribution in [0.25, 0.3) is 0 Å². The van der Waals surface area contributed by atoms with E-state index in [1.165, 1.54) is 51.4 Å². The van der Waals surface area contributed by atoms with Crippen molar-refractivity contribution in [2.75, 3.05) is 0 Å². The van der Waals surface area contributed by atoms with Gasteiger partial charge in [-0.1, -0.05) is 103 Å². The van der Waals surface area contributed by atoms with E-state index in [1.54, 1.807) is 37.8 Å². The zero-order valence-corrected chi connectivity index (χ0v) is 18.3. The van der Waals surface area contributed by atoms with Crippen molar-refractivity contribution >= 4 is 26.6 Å². The van der Waals surface area contributed by atoms with Gasteiger partial charge in [-0.25, -0.2) is 0 Å². The first-order valence-electron chi connectivity index (χ1n) is 9.41. The lowest BCUT2D eigenvalue weighted by molar-refractivity contribution is 0.624. The van der Waals surface area contributed by atoms with Crippen LogP contribution in [-0.4, -0.2) is 26.6 Å². The van der Waals surface area contributed by atoms with Crippen LogP contribution in [0.2, 0.25) is 12.1 Å². The molecular formula is C16H40Si3. The molecular weight excluding hydrogens is 276 g/mol. The Kier molecular flexibility index (Phi) is 19.3. The normalized spacial score (nSPS) is 12.9. The number of rotatable bonds is 16. The molecule has 19 heavy (non-hydrogen) atoms. The second-order valence-electron chi connectivity index (χ2n) is 6.30.